The maximum Gasteiger partial charge on any atom is 0.179 e. The molecular formula is C15H23FN2O2. The van der Waals surface area contributed by atoms with E-state index in [2.05, 4.69) is 17.2 Å². The van der Waals surface area contributed by atoms with Gasteiger partial charge in [-0.15, -0.1) is 0 Å². The zero-order chi connectivity index (χ0) is 14.4. The highest BCUT2D eigenvalue weighted by Crippen LogP contribution is 2.29. The first-order valence-electron chi connectivity index (χ1n) is 7.36. The number of pyridine rings is 1. The lowest BCUT2D eigenvalue weighted by Crippen LogP contribution is -2.37. The lowest BCUT2D eigenvalue weighted by atomic mass is 10.0. The van der Waals surface area contributed by atoms with Gasteiger partial charge >= 0.3 is 0 Å². The second-order valence-electron chi connectivity index (χ2n) is 5.02. The molecule has 1 aliphatic rings. The zero-order valence-electron chi connectivity index (χ0n) is 12.2. The molecule has 0 aliphatic carbocycles. The van der Waals surface area contributed by atoms with Crippen molar-refractivity contribution >= 4 is 0 Å². The number of nitrogens with one attached hydrogen (secondary N) is 1. The summed E-state index contributed by atoms with van der Waals surface area (Å²) < 4.78 is 24.8. The Hall–Kier alpha value is -1.36. The fourth-order valence-electron chi connectivity index (χ4n) is 2.33. The molecule has 2 atom stereocenters. The van der Waals surface area contributed by atoms with Crippen LogP contribution in [0.25, 0.3) is 0 Å². The van der Waals surface area contributed by atoms with Gasteiger partial charge in [-0.3, -0.25) is 4.98 Å². The van der Waals surface area contributed by atoms with E-state index in [0.717, 1.165) is 24.3 Å². The number of hydrogen-bond donors (Lipinski definition) is 1. The number of fused-ring (bicyclic) bond motifs is 1. The van der Waals surface area contributed by atoms with E-state index in [1.165, 1.54) is 0 Å². The quantitative estimate of drug-likeness (QED) is 0.835. The first-order valence-corrected chi connectivity index (χ1v) is 7.36. The molecular weight excluding hydrogens is 259 g/mol. The molecule has 1 N–H and O–H groups in total. The summed E-state index contributed by atoms with van der Waals surface area (Å²) in [5, 5.41) is 3.26. The Bertz CT molecular complexity index is 428. The lowest BCUT2D eigenvalue weighted by molar-refractivity contribution is 0.170. The van der Waals surface area contributed by atoms with Crippen LogP contribution in [0.2, 0.25) is 0 Å². The molecule has 0 saturated carbocycles. The van der Waals surface area contributed by atoms with E-state index in [0.29, 0.717) is 31.9 Å². The van der Waals surface area contributed by atoms with Crippen molar-refractivity contribution in [1.29, 1.82) is 0 Å². The van der Waals surface area contributed by atoms with Crippen LogP contribution < -0.4 is 14.8 Å². The fourth-order valence-corrected chi connectivity index (χ4v) is 2.33. The van der Waals surface area contributed by atoms with Gasteiger partial charge in [-0.25, -0.2) is 4.39 Å². The number of rotatable bonds is 7. The maximum absolute atomic E-state index is 13.8. The standard InChI is InChI=1S/C15H23FN2O2/c1-3-5-13(12(16)4-2)18-9-11-8-14-15(10-17-11)20-7-6-19-14/h8,10,12-13,18H,3-7,9H2,1-2H3. The van der Waals surface area contributed by atoms with Crippen LogP contribution in [0.4, 0.5) is 4.39 Å². The summed E-state index contributed by atoms with van der Waals surface area (Å²) in [6, 6.07) is 1.75. The third-order valence-electron chi connectivity index (χ3n) is 3.46. The van der Waals surface area contributed by atoms with E-state index in [-0.39, 0.29) is 6.04 Å². The van der Waals surface area contributed by atoms with Crippen molar-refractivity contribution in [3.63, 3.8) is 0 Å². The highest BCUT2D eigenvalue weighted by atomic mass is 19.1. The highest BCUT2D eigenvalue weighted by Gasteiger charge is 2.18. The van der Waals surface area contributed by atoms with Gasteiger partial charge in [-0.1, -0.05) is 20.3 Å². The molecule has 112 valence electrons. The SMILES string of the molecule is CCCC(NCc1cc2c(cn1)OCCO2)C(F)CC. The second-order valence-corrected chi connectivity index (χ2v) is 5.02. The highest BCUT2D eigenvalue weighted by molar-refractivity contribution is 5.39. The van der Waals surface area contributed by atoms with Gasteiger partial charge in [0.1, 0.15) is 19.4 Å². The number of alkyl halides is 1. The summed E-state index contributed by atoms with van der Waals surface area (Å²) in [6.07, 6.45) is 3.19. The molecule has 0 bridgehead atoms. The Morgan fingerprint density at radius 3 is 2.75 bits per heavy atom. The first-order chi connectivity index (χ1) is 9.74. The molecule has 0 spiro atoms. The van der Waals surface area contributed by atoms with Crippen molar-refractivity contribution in [2.45, 2.75) is 51.9 Å². The molecule has 0 fully saturated rings. The molecule has 20 heavy (non-hydrogen) atoms. The van der Waals surface area contributed by atoms with E-state index in [4.69, 9.17) is 9.47 Å². The molecule has 4 nitrogen and oxygen atoms in total. The van der Waals surface area contributed by atoms with Crippen molar-refractivity contribution in [3.8, 4) is 11.5 Å². The Morgan fingerprint density at radius 1 is 1.30 bits per heavy atom. The van der Waals surface area contributed by atoms with Crippen molar-refractivity contribution in [3.05, 3.63) is 18.0 Å². The minimum Gasteiger partial charge on any atom is -0.486 e. The predicted molar refractivity (Wildman–Crippen MR) is 75.9 cm³/mol. The molecule has 0 radical (unpaired) electrons. The molecule has 0 amide bonds. The van der Waals surface area contributed by atoms with Gasteiger partial charge in [-0.2, -0.15) is 0 Å². The van der Waals surface area contributed by atoms with E-state index >= 15 is 0 Å². The second kappa shape index (κ2) is 7.43. The normalized spacial score (nSPS) is 16.8. The topological polar surface area (TPSA) is 43.4 Å². The number of aromatic nitrogens is 1. The number of halogens is 1. The van der Waals surface area contributed by atoms with Gasteiger partial charge in [-0.05, 0) is 12.8 Å². The van der Waals surface area contributed by atoms with Crippen LogP contribution in [0.5, 0.6) is 11.5 Å². The van der Waals surface area contributed by atoms with Gasteiger partial charge in [0.2, 0.25) is 0 Å². The zero-order valence-corrected chi connectivity index (χ0v) is 12.2. The third kappa shape index (κ3) is 3.82. The van der Waals surface area contributed by atoms with Crippen molar-refractivity contribution in [1.82, 2.24) is 10.3 Å². The Labute approximate surface area is 119 Å². The molecule has 2 unspecified atom stereocenters. The minimum atomic E-state index is -0.813. The summed E-state index contributed by atoms with van der Waals surface area (Å²) in [5.74, 6) is 1.41. The van der Waals surface area contributed by atoms with Gasteiger partial charge < -0.3 is 14.8 Å². The third-order valence-corrected chi connectivity index (χ3v) is 3.46. The van der Waals surface area contributed by atoms with Crippen LogP contribution >= 0.6 is 0 Å². The first kappa shape index (κ1) is 15.0. The van der Waals surface area contributed by atoms with Gasteiger partial charge in [0.05, 0.1) is 11.9 Å². The Morgan fingerprint density at radius 2 is 2.05 bits per heavy atom. The van der Waals surface area contributed by atoms with Gasteiger partial charge in [0, 0.05) is 18.7 Å². The number of nitrogens with zero attached hydrogens (tertiary/aromatic N) is 1. The van der Waals surface area contributed by atoms with Crippen LogP contribution in [0.15, 0.2) is 12.3 Å². The predicted octanol–water partition coefficient (Wildman–Crippen LogP) is 2.86. The van der Waals surface area contributed by atoms with Crippen LogP contribution in [-0.4, -0.2) is 30.4 Å². The van der Waals surface area contributed by atoms with Crippen LogP contribution in [0.1, 0.15) is 38.8 Å². The Kier molecular flexibility index (Phi) is 5.59. The monoisotopic (exact) mass is 282 g/mol. The van der Waals surface area contributed by atoms with E-state index in [1.54, 1.807) is 6.20 Å². The molecule has 1 aromatic rings. The average Bonchev–Trinajstić information content (AvgIpc) is 2.50. The summed E-state index contributed by atoms with van der Waals surface area (Å²) in [4.78, 5) is 4.32. The van der Waals surface area contributed by atoms with Crippen molar-refractivity contribution < 1.29 is 13.9 Å². The molecule has 5 heteroatoms. The van der Waals surface area contributed by atoms with Crippen LogP contribution in [0.3, 0.4) is 0 Å². The molecule has 1 aliphatic heterocycles. The average molecular weight is 282 g/mol. The molecule has 2 heterocycles. The lowest BCUT2D eigenvalue weighted by Gasteiger charge is -2.22. The molecule has 0 saturated heterocycles. The fraction of sp³-hybridized carbons (Fsp3) is 0.667. The van der Waals surface area contributed by atoms with Crippen LogP contribution in [-0.2, 0) is 6.54 Å². The maximum atomic E-state index is 13.8. The summed E-state index contributed by atoms with van der Waals surface area (Å²) in [6.45, 7) is 5.61. The molecule has 2 rings (SSSR count). The van der Waals surface area contributed by atoms with Crippen molar-refractivity contribution in [2.75, 3.05) is 13.2 Å². The smallest absolute Gasteiger partial charge is 0.179 e. The van der Waals surface area contributed by atoms with E-state index in [1.807, 2.05) is 13.0 Å². The summed E-state index contributed by atoms with van der Waals surface area (Å²) in [7, 11) is 0. The summed E-state index contributed by atoms with van der Waals surface area (Å²) >= 11 is 0. The van der Waals surface area contributed by atoms with Gasteiger partial charge in [0.15, 0.2) is 11.5 Å². The molecule has 1 aromatic heterocycles. The van der Waals surface area contributed by atoms with Crippen LogP contribution in [0, 0.1) is 0 Å². The number of hydrogen-bond acceptors (Lipinski definition) is 4. The van der Waals surface area contributed by atoms with Crippen molar-refractivity contribution in [2.24, 2.45) is 0 Å². The largest absolute Gasteiger partial charge is 0.486 e. The number of ether oxygens (including phenoxy) is 2. The van der Waals surface area contributed by atoms with E-state index < -0.39 is 6.17 Å². The molecule has 0 aromatic carbocycles. The minimum absolute atomic E-state index is 0.111. The Balaban J connectivity index is 1.95. The van der Waals surface area contributed by atoms with E-state index in [9.17, 15) is 4.39 Å². The van der Waals surface area contributed by atoms with Gasteiger partial charge in [0.25, 0.3) is 0 Å². The summed E-state index contributed by atoms with van der Waals surface area (Å²) in [5.41, 5.74) is 0.846.